The quantitative estimate of drug-likeness (QED) is 0.458. The summed E-state index contributed by atoms with van der Waals surface area (Å²) in [5, 5.41) is 10.6. The van der Waals surface area contributed by atoms with Gasteiger partial charge in [0.15, 0.2) is 12.4 Å². The van der Waals surface area contributed by atoms with Gasteiger partial charge in [-0.2, -0.15) is 0 Å². The summed E-state index contributed by atoms with van der Waals surface area (Å²) in [6.45, 7) is 2.70. The molecule has 0 saturated carbocycles. The van der Waals surface area contributed by atoms with Crippen molar-refractivity contribution >= 4 is 11.7 Å². The number of ether oxygens (including phenoxy) is 2. The highest BCUT2D eigenvalue weighted by molar-refractivity contribution is 5.71. The molecular weight excluding hydrogens is 245 g/mol. The van der Waals surface area contributed by atoms with Crippen molar-refractivity contribution in [3.8, 4) is 5.75 Å². The van der Waals surface area contributed by atoms with E-state index in [1.54, 1.807) is 13.8 Å². The van der Waals surface area contributed by atoms with Crippen LogP contribution in [-0.4, -0.2) is 23.6 Å². The Hall–Kier alpha value is -2.18. The number of hydrogen-bond donors (Lipinski definition) is 0. The Morgan fingerprint density at radius 3 is 2.72 bits per heavy atom. The van der Waals surface area contributed by atoms with E-state index in [4.69, 9.17) is 9.47 Å². The second kappa shape index (κ2) is 5.95. The highest BCUT2D eigenvalue weighted by Gasteiger charge is 2.20. The second-order valence-corrected chi connectivity index (χ2v) is 3.67. The van der Waals surface area contributed by atoms with Gasteiger partial charge in [-0.1, -0.05) is 6.07 Å². The van der Waals surface area contributed by atoms with E-state index < -0.39 is 34.8 Å². The molecule has 1 aromatic carbocycles. The standard InChI is InChI=1S/C11H12FNO5/c1-7(2)18-10(14)6-17-11-8(12)4-3-5-9(11)13(15)16/h3-5,7H,6H2,1-2H3. The first-order valence-corrected chi connectivity index (χ1v) is 5.17. The van der Waals surface area contributed by atoms with Crippen molar-refractivity contribution in [3.05, 3.63) is 34.1 Å². The first-order chi connectivity index (χ1) is 8.41. The van der Waals surface area contributed by atoms with Crippen LogP contribution in [0.4, 0.5) is 10.1 Å². The predicted octanol–water partition coefficient (Wildman–Crippen LogP) is 2.06. The monoisotopic (exact) mass is 257 g/mol. The van der Waals surface area contributed by atoms with E-state index in [2.05, 4.69) is 0 Å². The zero-order valence-corrected chi connectivity index (χ0v) is 9.88. The summed E-state index contributed by atoms with van der Waals surface area (Å²) >= 11 is 0. The molecular formula is C11H12FNO5. The molecule has 0 bridgehead atoms. The Kier molecular flexibility index (Phi) is 4.59. The van der Waals surface area contributed by atoms with Crippen molar-refractivity contribution in [2.45, 2.75) is 20.0 Å². The minimum absolute atomic E-state index is 0.336. The number of nitrogens with zero attached hydrogens (tertiary/aromatic N) is 1. The molecule has 0 heterocycles. The Balaban J connectivity index is 2.78. The Morgan fingerprint density at radius 2 is 2.17 bits per heavy atom. The SMILES string of the molecule is CC(C)OC(=O)COc1c(F)cccc1[N+](=O)[O-]. The minimum Gasteiger partial charge on any atom is -0.473 e. The highest BCUT2D eigenvalue weighted by atomic mass is 19.1. The van der Waals surface area contributed by atoms with Crippen molar-refractivity contribution in [3.63, 3.8) is 0 Å². The van der Waals surface area contributed by atoms with E-state index in [-0.39, 0.29) is 6.10 Å². The summed E-state index contributed by atoms with van der Waals surface area (Å²) in [5.41, 5.74) is -0.535. The highest BCUT2D eigenvalue weighted by Crippen LogP contribution is 2.29. The molecule has 0 fully saturated rings. The third-order valence-corrected chi connectivity index (χ3v) is 1.84. The topological polar surface area (TPSA) is 78.7 Å². The number of carbonyl (C=O) groups excluding carboxylic acids is 1. The van der Waals surface area contributed by atoms with E-state index in [9.17, 15) is 19.3 Å². The van der Waals surface area contributed by atoms with Crippen molar-refractivity contribution in [1.29, 1.82) is 0 Å². The molecule has 0 N–H and O–H groups in total. The van der Waals surface area contributed by atoms with Crippen LogP contribution in [0.15, 0.2) is 18.2 Å². The molecule has 0 saturated heterocycles. The predicted molar refractivity (Wildman–Crippen MR) is 59.8 cm³/mol. The molecule has 0 amide bonds. The van der Waals surface area contributed by atoms with E-state index in [1.807, 2.05) is 0 Å². The van der Waals surface area contributed by atoms with Gasteiger partial charge in [-0.15, -0.1) is 0 Å². The summed E-state index contributed by atoms with van der Waals surface area (Å²) in [7, 11) is 0. The maximum atomic E-state index is 13.3. The number of esters is 1. The zero-order chi connectivity index (χ0) is 13.7. The van der Waals surface area contributed by atoms with Crippen LogP contribution in [-0.2, 0) is 9.53 Å². The Labute approximate surface area is 102 Å². The van der Waals surface area contributed by atoms with Crippen LogP contribution >= 0.6 is 0 Å². The van der Waals surface area contributed by atoms with Gasteiger partial charge in [-0.05, 0) is 19.9 Å². The largest absolute Gasteiger partial charge is 0.473 e. The molecule has 0 aliphatic carbocycles. The van der Waals surface area contributed by atoms with E-state index in [1.165, 1.54) is 6.07 Å². The van der Waals surface area contributed by atoms with Gasteiger partial charge >= 0.3 is 11.7 Å². The number of halogens is 1. The molecule has 0 aliphatic heterocycles. The normalized spacial score (nSPS) is 10.2. The minimum atomic E-state index is -0.901. The van der Waals surface area contributed by atoms with Gasteiger partial charge in [0, 0.05) is 6.07 Å². The van der Waals surface area contributed by atoms with Crippen LogP contribution in [0, 0.1) is 15.9 Å². The molecule has 6 nitrogen and oxygen atoms in total. The first kappa shape index (κ1) is 13.9. The maximum absolute atomic E-state index is 13.3. The van der Waals surface area contributed by atoms with Gasteiger partial charge in [-0.25, -0.2) is 9.18 Å². The number of benzene rings is 1. The first-order valence-electron chi connectivity index (χ1n) is 5.17. The molecule has 98 valence electrons. The van der Waals surface area contributed by atoms with Gasteiger partial charge < -0.3 is 9.47 Å². The summed E-state index contributed by atoms with van der Waals surface area (Å²) in [5.74, 6) is -2.19. The Morgan fingerprint density at radius 1 is 1.50 bits per heavy atom. The van der Waals surface area contributed by atoms with Crippen LogP contribution in [0.5, 0.6) is 5.75 Å². The zero-order valence-electron chi connectivity index (χ0n) is 9.88. The van der Waals surface area contributed by atoms with E-state index in [0.29, 0.717) is 0 Å². The maximum Gasteiger partial charge on any atom is 0.344 e. The third-order valence-electron chi connectivity index (χ3n) is 1.84. The summed E-state index contributed by atoms with van der Waals surface area (Å²) < 4.78 is 22.9. The lowest BCUT2D eigenvalue weighted by atomic mass is 10.3. The molecule has 7 heteroatoms. The summed E-state index contributed by atoms with van der Waals surface area (Å²) in [6, 6.07) is 3.29. The third kappa shape index (κ3) is 3.69. The number of carbonyl (C=O) groups is 1. The van der Waals surface area contributed by atoms with E-state index >= 15 is 0 Å². The molecule has 18 heavy (non-hydrogen) atoms. The van der Waals surface area contributed by atoms with Crippen LogP contribution in [0.1, 0.15) is 13.8 Å². The molecule has 0 radical (unpaired) electrons. The van der Waals surface area contributed by atoms with Crippen molar-refractivity contribution in [2.24, 2.45) is 0 Å². The van der Waals surface area contributed by atoms with Gasteiger partial charge in [-0.3, -0.25) is 10.1 Å². The fourth-order valence-corrected chi connectivity index (χ4v) is 1.21. The van der Waals surface area contributed by atoms with Crippen molar-refractivity contribution in [2.75, 3.05) is 6.61 Å². The van der Waals surface area contributed by atoms with Crippen LogP contribution < -0.4 is 4.74 Å². The average molecular weight is 257 g/mol. The number of hydrogen-bond acceptors (Lipinski definition) is 5. The fraction of sp³-hybridized carbons (Fsp3) is 0.364. The number of nitro benzene ring substituents is 1. The smallest absolute Gasteiger partial charge is 0.344 e. The van der Waals surface area contributed by atoms with E-state index in [0.717, 1.165) is 12.1 Å². The average Bonchev–Trinajstić information content (AvgIpc) is 2.25. The molecule has 0 atom stereocenters. The van der Waals surface area contributed by atoms with Crippen LogP contribution in [0.25, 0.3) is 0 Å². The van der Waals surface area contributed by atoms with Crippen molar-refractivity contribution in [1.82, 2.24) is 0 Å². The molecule has 0 unspecified atom stereocenters. The summed E-state index contributed by atoms with van der Waals surface area (Å²) in [4.78, 5) is 21.0. The molecule has 1 rings (SSSR count). The lowest BCUT2D eigenvalue weighted by molar-refractivity contribution is -0.386. The summed E-state index contributed by atoms with van der Waals surface area (Å²) in [6.07, 6.45) is -0.336. The van der Waals surface area contributed by atoms with Crippen molar-refractivity contribution < 1.29 is 23.6 Å². The van der Waals surface area contributed by atoms with Gasteiger partial charge in [0.05, 0.1) is 11.0 Å². The number of para-hydroxylation sites is 1. The van der Waals surface area contributed by atoms with Gasteiger partial charge in [0.25, 0.3) is 0 Å². The number of nitro groups is 1. The number of rotatable bonds is 5. The van der Waals surface area contributed by atoms with Gasteiger partial charge in [0.1, 0.15) is 0 Å². The molecule has 0 spiro atoms. The van der Waals surface area contributed by atoms with Gasteiger partial charge in [0.2, 0.25) is 5.75 Å². The lowest BCUT2D eigenvalue weighted by Gasteiger charge is -2.09. The molecule has 0 aromatic heterocycles. The lowest BCUT2D eigenvalue weighted by Crippen LogP contribution is -2.19. The molecule has 0 aliphatic rings. The molecule has 1 aromatic rings. The fourth-order valence-electron chi connectivity index (χ4n) is 1.21. The van der Waals surface area contributed by atoms with Crippen LogP contribution in [0.2, 0.25) is 0 Å². The Bertz CT molecular complexity index is 461. The second-order valence-electron chi connectivity index (χ2n) is 3.67. The van der Waals surface area contributed by atoms with Crippen LogP contribution in [0.3, 0.4) is 0 Å².